The van der Waals surface area contributed by atoms with Crippen molar-refractivity contribution >= 4 is 0 Å². The van der Waals surface area contributed by atoms with Crippen LogP contribution in [0, 0.1) is 17.7 Å². The van der Waals surface area contributed by atoms with Crippen molar-refractivity contribution in [2.24, 2.45) is 11.8 Å². The molecule has 2 rings (SSSR count). The molecular formula is C17H25FO2. The van der Waals surface area contributed by atoms with Gasteiger partial charge < -0.3 is 9.84 Å². The Hall–Kier alpha value is -1.09. The fourth-order valence-electron chi connectivity index (χ4n) is 3.48. The van der Waals surface area contributed by atoms with Crippen LogP contribution < -0.4 is 4.74 Å². The molecule has 0 aliphatic heterocycles. The third kappa shape index (κ3) is 3.32. The summed E-state index contributed by atoms with van der Waals surface area (Å²) in [5, 5.41) is 10.9. The first kappa shape index (κ1) is 15.3. The van der Waals surface area contributed by atoms with Crippen LogP contribution in [0.1, 0.15) is 51.5 Å². The van der Waals surface area contributed by atoms with Gasteiger partial charge in [-0.1, -0.05) is 20.3 Å². The van der Waals surface area contributed by atoms with E-state index < -0.39 is 5.60 Å². The van der Waals surface area contributed by atoms with Crippen LogP contribution >= 0.6 is 0 Å². The van der Waals surface area contributed by atoms with Crippen molar-refractivity contribution < 1.29 is 14.2 Å². The minimum absolute atomic E-state index is 0.364. The van der Waals surface area contributed by atoms with Gasteiger partial charge in [-0.2, -0.15) is 0 Å². The number of ether oxygens (including phenoxy) is 1. The Bertz CT molecular complexity index is 458. The van der Waals surface area contributed by atoms with Gasteiger partial charge in [0.05, 0.1) is 12.7 Å². The van der Waals surface area contributed by atoms with Gasteiger partial charge in [-0.05, 0) is 49.7 Å². The Morgan fingerprint density at radius 3 is 2.80 bits per heavy atom. The average Bonchev–Trinajstić information content (AvgIpc) is 2.37. The van der Waals surface area contributed by atoms with E-state index in [0.29, 0.717) is 36.0 Å². The third-order valence-corrected chi connectivity index (χ3v) is 4.31. The molecule has 1 aromatic rings. The second-order valence-corrected chi connectivity index (χ2v) is 6.47. The quantitative estimate of drug-likeness (QED) is 0.893. The van der Waals surface area contributed by atoms with E-state index in [0.717, 1.165) is 19.3 Å². The van der Waals surface area contributed by atoms with Gasteiger partial charge in [-0.15, -0.1) is 0 Å². The van der Waals surface area contributed by atoms with Crippen molar-refractivity contribution in [3.8, 4) is 5.75 Å². The first-order valence-corrected chi connectivity index (χ1v) is 7.51. The fourth-order valence-corrected chi connectivity index (χ4v) is 3.48. The zero-order chi connectivity index (χ0) is 14.8. The largest absolute Gasteiger partial charge is 0.497 e. The summed E-state index contributed by atoms with van der Waals surface area (Å²) in [5.74, 6) is 1.22. The molecule has 1 N–H and O–H groups in total. The lowest BCUT2D eigenvalue weighted by Crippen LogP contribution is -2.34. The summed E-state index contributed by atoms with van der Waals surface area (Å²) < 4.78 is 19.2. The normalized spacial score (nSPS) is 26.8. The van der Waals surface area contributed by atoms with Crippen LogP contribution in [0.5, 0.6) is 5.75 Å². The van der Waals surface area contributed by atoms with Crippen LogP contribution in [-0.4, -0.2) is 12.2 Å². The number of methoxy groups -OCH3 is 1. The topological polar surface area (TPSA) is 29.5 Å². The number of benzene rings is 1. The van der Waals surface area contributed by atoms with Crippen molar-refractivity contribution in [3.05, 3.63) is 29.6 Å². The van der Waals surface area contributed by atoms with E-state index in [4.69, 9.17) is 4.74 Å². The lowest BCUT2D eigenvalue weighted by molar-refractivity contribution is -0.0272. The van der Waals surface area contributed by atoms with Crippen LogP contribution in [0.3, 0.4) is 0 Å². The minimum Gasteiger partial charge on any atom is -0.497 e. The van der Waals surface area contributed by atoms with E-state index in [1.54, 1.807) is 12.1 Å². The summed E-state index contributed by atoms with van der Waals surface area (Å²) in [6.45, 7) is 4.39. The van der Waals surface area contributed by atoms with Gasteiger partial charge in [0.2, 0.25) is 0 Å². The SMILES string of the molecule is COc1ccc(C2(O)CCCC(CC(C)C)C2)c(F)c1. The van der Waals surface area contributed by atoms with E-state index in [1.807, 2.05) is 0 Å². The highest BCUT2D eigenvalue weighted by molar-refractivity contribution is 5.32. The molecule has 0 spiro atoms. The number of hydrogen-bond donors (Lipinski definition) is 1. The number of halogens is 1. The summed E-state index contributed by atoms with van der Waals surface area (Å²) in [6, 6.07) is 4.76. The molecule has 1 aromatic carbocycles. The molecule has 1 fully saturated rings. The summed E-state index contributed by atoms with van der Waals surface area (Å²) in [5.41, 5.74) is -0.597. The van der Waals surface area contributed by atoms with Gasteiger partial charge in [0, 0.05) is 11.6 Å². The molecule has 0 bridgehead atoms. The highest BCUT2D eigenvalue weighted by Gasteiger charge is 2.37. The smallest absolute Gasteiger partial charge is 0.132 e. The predicted molar refractivity (Wildman–Crippen MR) is 78.3 cm³/mol. The van der Waals surface area contributed by atoms with Crippen molar-refractivity contribution in [3.63, 3.8) is 0 Å². The molecule has 2 nitrogen and oxygen atoms in total. The lowest BCUT2D eigenvalue weighted by atomic mass is 9.72. The molecule has 1 aliphatic carbocycles. The number of rotatable bonds is 4. The molecule has 20 heavy (non-hydrogen) atoms. The Balaban J connectivity index is 2.21. The number of hydrogen-bond acceptors (Lipinski definition) is 2. The first-order chi connectivity index (χ1) is 9.44. The van der Waals surface area contributed by atoms with Gasteiger partial charge in [-0.25, -0.2) is 4.39 Å². The molecule has 0 saturated heterocycles. The molecular weight excluding hydrogens is 255 g/mol. The third-order valence-electron chi connectivity index (χ3n) is 4.31. The van der Waals surface area contributed by atoms with Gasteiger partial charge in [0.25, 0.3) is 0 Å². The summed E-state index contributed by atoms with van der Waals surface area (Å²) >= 11 is 0. The molecule has 1 aliphatic rings. The van der Waals surface area contributed by atoms with E-state index in [-0.39, 0.29) is 5.82 Å². The average molecular weight is 280 g/mol. The summed E-state index contributed by atoms with van der Waals surface area (Å²) in [4.78, 5) is 0. The van der Waals surface area contributed by atoms with Gasteiger partial charge >= 0.3 is 0 Å². The molecule has 0 radical (unpaired) electrons. The van der Waals surface area contributed by atoms with Gasteiger partial charge in [0.15, 0.2) is 0 Å². The second kappa shape index (κ2) is 6.13. The Morgan fingerprint density at radius 2 is 2.20 bits per heavy atom. The Morgan fingerprint density at radius 1 is 1.45 bits per heavy atom. The van der Waals surface area contributed by atoms with Crippen LogP contribution in [-0.2, 0) is 5.60 Å². The van der Waals surface area contributed by atoms with E-state index in [9.17, 15) is 9.50 Å². The maximum Gasteiger partial charge on any atom is 0.132 e. The maximum atomic E-state index is 14.2. The Labute approximate surface area is 121 Å². The van der Waals surface area contributed by atoms with Gasteiger partial charge in [-0.3, -0.25) is 0 Å². The molecule has 2 unspecified atom stereocenters. The summed E-state index contributed by atoms with van der Waals surface area (Å²) in [7, 11) is 1.52. The van der Waals surface area contributed by atoms with Crippen LogP contribution in [0.2, 0.25) is 0 Å². The van der Waals surface area contributed by atoms with Crippen molar-refractivity contribution in [2.45, 2.75) is 51.6 Å². The monoisotopic (exact) mass is 280 g/mol. The molecule has 0 amide bonds. The van der Waals surface area contributed by atoms with E-state index in [2.05, 4.69) is 13.8 Å². The first-order valence-electron chi connectivity index (χ1n) is 7.51. The van der Waals surface area contributed by atoms with Crippen molar-refractivity contribution in [1.29, 1.82) is 0 Å². The number of aliphatic hydroxyl groups is 1. The van der Waals surface area contributed by atoms with Crippen LogP contribution in [0.25, 0.3) is 0 Å². The molecule has 0 heterocycles. The Kier molecular flexibility index (Phi) is 4.69. The van der Waals surface area contributed by atoms with Gasteiger partial charge in [0.1, 0.15) is 11.6 Å². The molecule has 3 heteroatoms. The second-order valence-electron chi connectivity index (χ2n) is 6.47. The fraction of sp³-hybridized carbons (Fsp3) is 0.647. The van der Waals surface area contributed by atoms with Crippen LogP contribution in [0.4, 0.5) is 4.39 Å². The molecule has 1 saturated carbocycles. The standard InChI is InChI=1S/C17H25FO2/c1-12(2)9-13-5-4-8-17(19,11-13)15-7-6-14(20-3)10-16(15)18/h6-7,10,12-13,19H,4-5,8-9,11H2,1-3H3. The lowest BCUT2D eigenvalue weighted by Gasteiger charge is -2.38. The highest BCUT2D eigenvalue weighted by Crippen LogP contribution is 2.43. The summed E-state index contributed by atoms with van der Waals surface area (Å²) in [6.07, 6.45) is 4.50. The predicted octanol–water partition coefficient (Wildman–Crippen LogP) is 4.26. The van der Waals surface area contributed by atoms with E-state index in [1.165, 1.54) is 13.2 Å². The van der Waals surface area contributed by atoms with Crippen molar-refractivity contribution in [2.75, 3.05) is 7.11 Å². The minimum atomic E-state index is -1.02. The zero-order valence-corrected chi connectivity index (χ0v) is 12.7. The van der Waals surface area contributed by atoms with Crippen LogP contribution in [0.15, 0.2) is 18.2 Å². The van der Waals surface area contributed by atoms with E-state index >= 15 is 0 Å². The zero-order valence-electron chi connectivity index (χ0n) is 12.7. The maximum absolute atomic E-state index is 14.2. The molecule has 2 atom stereocenters. The van der Waals surface area contributed by atoms with Crippen molar-refractivity contribution in [1.82, 2.24) is 0 Å². The molecule has 0 aromatic heterocycles. The highest BCUT2D eigenvalue weighted by atomic mass is 19.1. The molecule has 112 valence electrons.